The van der Waals surface area contributed by atoms with Crippen LogP contribution in [0.5, 0.6) is 0 Å². The van der Waals surface area contributed by atoms with E-state index in [4.69, 9.17) is 11.6 Å². The van der Waals surface area contributed by atoms with Crippen molar-refractivity contribution in [3.8, 4) is 0 Å². The summed E-state index contributed by atoms with van der Waals surface area (Å²) in [6.07, 6.45) is 3.62. The molecule has 2 atom stereocenters. The second-order valence-electron chi connectivity index (χ2n) is 6.33. The van der Waals surface area contributed by atoms with Gasteiger partial charge in [0.05, 0.1) is 0 Å². The monoisotopic (exact) mass is 372 g/mol. The molecule has 1 fully saturated rings. The molecule has 4 heteroatoms. The zero-order valence-corrected chi connectivity index (χ0v) is 15.6. The fourth-order valence-corrected chi connectivity index (χ4v) is 3.76. The molecule has 1 aromatic carbocycles. The van der Waals surface area contributed by atoms with E-state index in [1.165, 1.54) is 18.4 Å². The van der Waals surface area contributed by atoms with Gasteiger partial charge in [0.2, 0.25) is 0 Å². The Hall–Kier alpha value is -0.0900. The molecule has 0 saturated carbocycles. The summed E-state index contributed by atoms with van der Waals surface area (Å²) in [6.45, 7) is 9.98. The van der Waals surface area contributed by atoms with Gasteiger partial charge in [0.1, 0.15) is 0 Å². The highest BCUT2D eigenvalue weighted by atomic mass is 79.9. The summed E-state index contributed by atoms with van der Waals surface area (Å²) in [5.74, 6) is 0. The van der Waals surface area contributed by atoms with Gasteiger partial charge in [-0.2, -0.15) is 0 Å². The van der Waals surface area contributed by atoms with Gasteiger partial charge in [-0.1, -0.05) is 53.9 Å². The molecule has 2 unspecified atom stereocenters. The number of benzene rings is 1. The Morgan fingerprint density at radius 3 is 2.81 bits per heavy atom. The maximum Gasteiger partial charge on any atom is 0.0462 e. The summed E-state index contributed by atoms with van der Waals surface area (Å²) in [6, 6.07) is 6.81. The maximum atomic E-state index is 6.41. The lowest BCUT2D eigenvalue weighted by molar-refractivity contribution is 0.0397. The highest BCUT2D eigenvalue weighted by Gasteiger charge is 2.36. The summed E-state index contributed by atoms with van der Waals surface area (Å²) >= 11 is 9.89. The van der Waals surface area contributed by atoms with E-state index in [1.807, 2.05) is 6.07 Å². The smallest absolute Gasteiger partial charge is 0.0462 e. The van der Waals surface area contributed by atoms with Crippen LogP contribution in [-0.4, -0.2) is 29.6 Å². The van der Waals surface area contributed by atoms with Gasteiger partial charge in [0.15, 0.2) is 0 Å². The van der Waals surface area contributed by atoms with Gasteiger partial charge in [0.25, 0.3) is 0 Å². The molecule has 1 N–H and O–H groups in total. The molecule has 0 spiro atoms. The Kier molecular flexibility index (Phi) is 6.13. The van der Waals surface area contributed by atoms with Gasteiger partial charge in [-0.05, 0) is 37.5 Å². The molecule has 1 aliphatic rings. The third-order valence-corrected chi connectivity index (χ3v) is 5.60. The van der Waals surface area contributed by atoms with Crippen molar-refractivity contribution in [1.29, 1.82) is 0 Å². The topological polar surface area (TPSA) is 15.3 Å². The van der Waals surface area contributed by atoms with Crippen LogP contribution in [0.25, 0.3) is 0 Å². The first-order chi connectivity index (χ1) is 9.98. The normalized spacial score (nSPS) is 27.0. The second kappa shape index (κ2) is 7.45. The first-order valence-electron chi connectivity index (χ1n) is 7.91. The minimum Gasteiger partial charge on any atom is -0.311 e. The highest BCUT2D eigenvalue weighted by molar-refractivity contribution is 9.10. The molecular weight excluding hydrogens is 348 g/mol. The molecule has 2 rings (SSSR count). The van der Waals surface area contributed by atoms with Crippen molar-refractivity contribution in [3.05, 3.63) is 33.3 Å². The van der Waals surface area contributed by atoms with Crippen molar-refractivity contribution < 1.29 is 0 Å². The van der Waals surface area contributed by atoms with Crippen LogP contribution in [0.1, 0.15) is 45.6 Å². The third-order valence-electron chi connectivity index (χ3n) is 4.75. The van der Waals surface area contributed by atoms with Crippen LogP contribution in [0.15, 0.2) is 22.7 Å². The van der Waals surface area contributed by atoms with E-state index in [0.29, 0.717) is 6.04 Å². The average Bonchev–Trinajstić information content (AvgIpc) is 2.46. The van der Waals surface area contributed by atoms with E-state index in [1.54, 1.807) is 0 Å². The third kappa shape index (κ3) is 4.22. The second-order valence-corrected chi connectivity index (χ2v) is 7.66. The largest absolute Gasteiger partial charge is 0.311 e. The Balaban J connectivity index is 2.16. The Labute approximate surface area is 142 Å². The van der Waals surface area contributed by atoms with Gasteiger partial charge in [-0.3, -0.25) is 4.90 Å². The zero-order chi connectivity index (χ0) is 15.5. The van der Waals surface area contributed by atoms with E-state index in [0.717, 1.165) is 35.6 Å². The number of piperazine rings is 1. The van der Waals surface area contributed by atoms with Crippen LogP contribution in [0, 0.1) is 0 Å². The zero-order valence-electron chi connectivity index (χ0n) is 13.3. The lowest BCUT2D eigenvalue weighted by atomic mass is 9.90. The molecule has 1 heterocycles. The standard InChI is InChI=1S/C17H26BrClN2/c1-4-6-15-11-21(17(3,5-2)12-20-15)10-13-7-8-14(18)9-16(13)19/h7-9,15,20H,4-6,10-12H2,1-3H3. The average molecular weight is 374 g/mol. The van der Waals surface area contributed by atoms with Crippen molar-refractivity contribution >= 4 is 27.5 Å². The van der Waals surface area contributed by atoms with Crippen LogP contribution in [0.4, 0.5) is 0 Å². The quantitative estimate of drug-likeness (QED) is 0.794. The number of rotatable bonds is 5. The lowest BCUT2D eigenvalue weighted by Gasteiger charge is -2.48. The summed E-state index contributed by atoms with van der Waals surface area (Å²) in [5, 5.41) is 4.57. The van der Waals surface area contributed by atoms with Crippen molar-refractivity contribution in [2.24, 2.45) is 0 Å². The van der Waals surface area contributed by atoms with Crippen LogP contribution >= 0.6 is 27.5 Å². The minimum atomic E-state index is 0.209. The minimum absolute atomic E-state index is 0.209. The number of halogens is 2. The molecule has 1 saturated heterocycles. The molecule has 21 heavy (non-hydrogen) atoms. The predicted molar refractivity (Wildman–Crippen MR) is 95.0 cm³/mol. The summed E-state index contributed by atoms with van der Waals surface area (Å²) in [7, 11) is 0. The first-order valence-corrected chi connectivity index (χ1v) is 9.08. The Bertz CT molecular complexity index is 480. The molecule has 0 radical (unpaired) electrons. The maximum absolute atomic E-state index is 6.41. The van der Waals surface area contributed by atoms with Gasteiger partial charge in [-0.25, -0.2) is 0 Å². The summed E-state index contributed by atoms with van der Waals surface area (Å²) in [5.41, 5.74) is 1.43. The van der Waals surface area contributed by atoms with Gasteiger partial charge >= 0.3 is 0 Å². The van der Waals surface area contributed by atoms with E-state index in [-0.39, 0.29) is 5.54 Å². The number of nitrogens with zero attached hydrogens (tertiary/aromatic N) is 1. The number of hydrogen-bond acceptors (Lipinski definition) is 2. The van der Waals surface area contributed by atoms with E-state index < -0.39 is 0 Å². The fourth-order valence-electron chi connectivity index (χ4n) is 3.03. The molecule has 0 amide bonds. The SMILES string of the molecule is CCCC1CN(Cc2ccc(Br)cc2Cl)C(C)(CC)CN1. The molecule has 118 valence electrons. The number of hydrogen-bond donors (Lipinski definition) is 1. The first kappa shape index (κ1) is 17.3. The molecule has 1 aliphatic heterocycles. The van der Waals surface area contributed by atoms with E-state index >= 15 is 0 Å². The van der Waals surface area contributed by atoms with Crippen LogP contribution in [0.3, 0.4) is 0 Å². The van der Waals surface area contributed by atoms with Crippen molar-refractivity contribution in [1.82, 2.24) is 10.2 Å². The fraction of sp³-hybridized carbons (Fsp3) is 0.647. The molecule has 1 aromatic rings. The van der Waals surface area contributed by atoms with Crippen molar-refractivity contribution in [2.45, 2.75) is 58.2 Å². The van der Waals surface area contributed by atoms with Gasteiger partial charge in [0, 0.05) is 40.7 Å². The van der Waals surface area contributed by atoms with Gasteiger partial charge < -0.3 is 5.32 Å². The molecule has 0 aromatic heterocycles. The van der Waals surface area contributed by atoms with E-state index in [2.05, 4.69) is 59.1 Å². The number of nitrogens with one attached hydrogen (secondary N) is 1. The predicted octanol–water partition coefficient (Wildman–Crippen LogP) is 4.85. The lowest BCUT2D eigenvalue weighted by Crippen LogP contribution is -2.62. The Morgan fingerprint density at radius 2 is 2.19 bits per heavy atom. The molecule has 2 nitrogen and oxygen atoms in total. The van der Waals surface area contributed by atoms with Crippen molar-refractivity contribution in [2.75, 3.05) is 13.1 Å². The van der Waals surface area contributed by atoms with Gasteiger partial charge in [-0.15, -0.1) is 0 Å². The highest BCUT2D eigenvalue weighted by Crippen LogP contribution is 2.29. The van der Waals surface area contributed by atoms with Crippen LogP contribution in [-0.2, 0) is 6.54 Å². The molecular formula is C17H26BrClN2. The summed E-state index contributed by atoms with van der Waals surface area (Å²) in [4.78, 5) is 2.61. The molecule has 0 bridgehead atoms. The van der Waals surface area contributed by atoms with Crippen molar-refractivity contribution in [3.63, 3.8) is 0 Å². The summed E-state index contributed by atoms with van der Waals surface area (Å²) < 4.78 is 1.04. The van der Waals surface area contributed by atoms with E-state index in [9.17, 15) is 0 Å². The van der Waals surface area contributed by atoms with Crippen LogP contribution < -0.4 is 5.32 Å². The molecule has 0 aliphatic carbocycles. The van der Waals surface area contributed by atoms with Crippen LogP contribution in [0.2, 0.25) is 5.02 Å². The Morgan fingerprint density at radius 1 is 1.43 bits per heavy atom.